The van der Waals surface area contributed by atoms with Crippen LogP contribution in [0.25, 0.3) is 0 Å². The zero-order valence-electron chi connectivity index (χ0n) is 16.3. The van der Waals surface area contributed by atoms with Gasteiger partial charge in [0.2, 0.25) is 0 Å². The van der Waals surface area contributed by atoms with Crippen molar-refractivity contribution in [2.24, 2.45) is 0 Å². The number of ether oxygens (including phenoxy) is 2. The van der Waals surface area contributed by atoms with Gasteiger partial charge in [0, 0.05) is 6.54 Å². The minimum Gasteiger partial charge on any atom is -0.467 e. The molecule has 0 spiro atoms. The van der Waals surface area contributed by atoms with Gasteiger partial charge in [-0.25, -0.2) is 9.59 Å². The van der Waals surface area contributed by atoms with Crippen LogP contribution in [0.1, 0.15) is 34.6 Å². The van der Waals surface area contributed by atoms with Crippen molar-refractivity contribution in [3.05, 3.63) is 36.0 Å². The Morgan fingerprint density at radius 1 is 1.38 bits per heavy atom. The molecule has 7 nitrogen and oxygen atoms in total. The van der Waals surface area contributed by atoms with Crippen molar-refractivity contribution < 1.29 is 23.9 Å². The number of rotatable bonds is 5. The first-order chi connectivity index (χ1) is 12.1. The number of nitrogens with one attached hydrogen (secondary N) is 1. The van der Waals surface area contributed by atoms with Crippen molar-refractivity contribution in [1.29, 1.82) is 0 Å². The van der Waals surface area contributed by atoms with Gasteiger partial charge in [-0.15, -0.1) is 0 Å². The summed E-state index contributed by atoms with van der Waals surface area (Å²) < 4.78 is 10.0. The van der Waals surface area contributed by atoms with Gasteiger partial charge in [-0.05, 0) is 45.8 Å². The molecule has 1 N–H and O–H groups in total. The van der Waals surface area contributed by atoms with E-state index in [2.05, 4.69) is 11.9 Å². The molecular formula is C19H28N2O5. The summed E-state index contributed by atoms with van der Waals surface area (Å²) in [7, 11) is 1.26. The topological polar surface area (TPSA) is 84.9 Å². The van der Waals surface area contributed by atoms with Crippen LogP contribution in [0.15, 0.2) is 36.0 Å². The summed E-state index contributed by atoms with van der Waals surface area (Å²) in [6.45, 7) is 12.6. The first kappa shape index (κ1) is 21.5. The fourth-order valence-corrected chi connectivity index (χ4v) is 2.59. The highest BCUT2D eigenvalue weighted by Gasteiger charge is 2.39. The number of amides is 2. The first-order valence-corrected chi connectivity index (χ1v) is 8.41. The van der Waals surface area contributed by atoms with E-state index < -0.39 is 35.7 Å². The molecular weight excluding hydrogens is 336 g/mol. The number of hydrogen-bond acceptors (Lipinski definition) is 5. The van der Waals surface area contributed by atoms with Gasteiger partial charge in [-0.2, -0.15) is 0 Å². The Morgan fingerprint density at radius 2 is 2.00 bits per heavy atom. The maximum atomic E-state index is 13.0. The molecule has 144 valence electrons. The van der Waals surface area contributed by atoms with Gasteiger partial charge in [0.15, 0.2) is 0 Å². The molecule has 2 atom stereocenters. The van der Waals surface area contributed by atoms with E-state index in [1.165, 1.54) is 12.0 Å². The van der Waals surface area contributed by atoms with Crippen molar-refractivity contribution >= 4 is 18.0 Å². The second-order valence-electron chi connectivity index (χ2n) is 6.93. The van der Waals surface area contributed by atoms with Crippen LogP contribution in [-0.2, 0) is 19.1 Å². The van der Waals surface area contributed by atoms with Gasteiger partial charge in [-0.1, -0.05) is 24.8 Å². The van der Waals surface area contributed by atoms with E-state index in [0.29, 0.717) is 5.57 Å². The quantitative estimate of drug-likeness (QED) is 0.757. The molecule has 0 aromatic rings. The molecule has 0 aromatic heterocycles. The molecule has 1 rings (SSSR count). The SMILES string of the molecule is C=CC1=C(/C=C\C)[C@H](NC(=O)OC(C)(C)C)C(=O)N(C(C)C(=O)OC)C1. The average molecular weight is 364 g/mol. The van der Waals surface area contributed by atoms with E-state index in [9.17, 15) is 14.4 Å². The molecule has 1 aliphatic heterocycles. The van der Waals surface area contributed by atoms with Crippen LogP contribution in [0.4, 0.5) is 4.79 Å². The molecule has 0 fully saturated rings. The van der Waals surface area contributed by atoms with Gasteiger partial charge in [0.25, 0.3) is 5.91 Å². The average Bonchev–Trinajstić information content (AvgIpc) is 2.55. The van der Waals surface area contributed by atoms with Gasteiger partial charge in [0.1, 0.15) is 17.7 Å². The molecule has 0 aliphatic carbocycles. The Labute approximate surface area is 154 Å². The number of carbonyl (C=O) groups excluding carboxylic acids is 3. The lowest BCUT2D eigenvalue weighted by molar-refractivity contribution is -0.152. The highest BCUT2D eigenvalue weighted by atomic mass is 16.6. The molecule has 7 heteroatoms. The third kappa shape index (κ3) is 5.21. The van der Waals surface area contributed by atoms with E-state index in [0.717, 1.165) is 5.57 Å². The largest absolute Gasteiger partial charge is 0.467 e. The molecule has 26 heavy (non-hydrogen) atoms. The van der Waals surface area contributed by atoms with Crippen LogP contribution >= 0.6 is 0 Å². The van der Waals surface area contributed by atoms with E-state index in [1.54, 1.807) is 45.9 Å². The van der Waals surface area contributed by atoms with Crippen molar-refractivity contribution in [3.63, 3.8) is 0 Å². The predicted molar refractivity (Wildman–Crippen MR) is 98.4 cm³/mol. The summed E-state index contributed by atoms with van der Waals surface area (Å²) >= 11 is 0. The molecule has 0 saturated heterocycles. The van der Waals surface area contributed by atoms with Crippen LogP contribution in [0.3, 0.4) is 0 Å². The maximum Gasteiger partial charge on any atom is 0.408 e. The number of alkyl carbamates (subject to hydrolysis) is 1. The van der Waals surface area contributed by atoms with Crippen molar-refractivity contribution in [2.75, 3.05) is 13.7 Å². The summed E-state index contributed by atoms with van der Waals surface area (Å²) in [5.41, 5.74) is 0.651. The van der Waals surface area contributed by atoms with Crippen molar-refractivity contribution in [3.8, 4) is 0 Å². The van der Waals surface area contributed by atoms with Crippen LogP contribution < -0.4 is 5.32 Å². The minimum atomic E-state index is -0.977. The number of methoxy groups -OCH3 is 1. The minimum absolute atomic E-state index is 0.199. The Balaban J connectivity index is 3.26. The van der Waals surface area contributed by atoms with E-state index in [-0.39, 0.29) is 6.54 Å². The van der Waals surface area contributed by atoms with Gasteiger partial charge in [-0.3, -0.25) is 4.79 Å². The summed E-state index contributed by atoms with van der Waals surface area (Å²) in [5.74, 6) is -0.945. The van der Waals surface area contributed by atoms with E-state index in [4.69, 9.17) is 9.47 Å². The first-order valence-electron chi connectivity index (χ1n) is 8.41. The van der Waals surface area contributed by atoms with Crippen LogP contribution in [0.5, 0.6) is 0 Å². The third-order valence-corrected chi connectivity index (χ3v) is 3.82. The second kappa shape index (κ2) is 8.69. The summed E-state index contributed by atoms with van der Waals surface area (Å²) in [6, 6.07) is -1.77. The normalized spacial score (nSPS) is 19.4. The molecule has 1 unspecified atom stereocenters. The Morgan fingerprint density at radius 3 is 2.46 bits per heavy atom. The Bertz CT molecular complexity index is 643. The lowest BCUT2D eigenvalue weighted by Crippen LogP contribution is -2.57. The molecule has 2 amide bonds. The van der Waals surface area contributed by atoms with E-state index in [1.807, 2.05) is 6.92 Å². The predicted octanol–water partition coefficient (Wildman–Crippen LogP) is 2.34. The smallest absolute Gasteiger partial charge is 0.408 e. The van der Waals surface area contributed by atoms with Gasteiger partial charge < -0.3 is 19.7 Å². The fraction of sp³-hybridized carbons (Fsp3) is 0.526. The number of esters is 1. The standard InChI is InChI=1S/C19H28N2O5/c1-8-10-14-13(9-2)11-21(12(3)17(23)25-7)16(22)15(14)20-18(24)26-19(4,5)6/h8-10,12,15H,2,11H2,1,3-7H3,(H,20,24)/b10-8-/t12?,15-/m0/s1. The van der Waals surface area contributed by atoms with Gasteiger partial charge in [0.05, 0.1) is 7.11 Å². The summed E-state index contributed by atoms with van der Waals surface area (Å²) in [6.07, 6.45) is 4.42. The van der Waals surface area contributed by atoms with E-state index >= 15 is 0 Å². The number of carbonyl (C=O) groups is 3. The molecule has 0 bridgehead atoms. The van der Waals surface area contributed by atoms with Crippen molar-refractivity contribution in [1.82, 2.24) is 10.2 Å². The van der Waals surface area contributed by atoms with Crippen LogP contribution in [-0.4, -0.2) is 54.2 Å². The molecule has 0 radical (unpaired) electrons. The van der Waals surface area contributed by atoms with Crippen LogP contribution in [0.2, 0.25) is 0 Å². The highest BCUT2D eigenvalue weighted by Crippen LogP contribution is 2.24. The molecule has 0 aromatic carbocycles. The van der Waals surface area contributed by atoms with Crippen LogP contribution in [0, 0.1) is 0 Å². The molecule has 0 saturated carbocycles. The summed E-state index contributed by atoms with van der Waals surface area (Å²) in [5, 5.41) is 2.60. The van der Waals surface area contributed by atoms with Gasteiger partial charge >= 0.3 is 12.1 Å². The fourth-order valence-electron chi connectivity index (χ4n) is 2.59. The zero-order chi connectivity index (χ0) is 20.1. The molecule has 1 aliphatic rings. The third-order valence-electron chi connectivity index (χ3n) is 3.82. The second-order valence-corrected chi connectivity index (χ2v) is 6.93. The number of hydrogen-bond donors (Lipinski definition) is 1. The summed E-state index contributed by atoms with van der Waals surface area (Å²) in [4.78, 5) is 38.4. The highest BCUT2D eigenvalue weighted by molar-refractivity contribution is 5.94. The number of nitrogens with zero attached hydrogens (tertiary/aromatic N) is 1. The Kier molecular flexibility index (Phi) is 7.18. The Hall–Kier alpha value is -2.57. The lowest BCUT2D eigenvalue weighted by Gasteiger charge is -2.37. The zero-order valence-corrected chi connectivity index (χ0v) is 16.3. The number of allylic oxidation sites excluding steroid dienone is 1. The monoisotopic (exact) mass is 364 g/mol. The van der Waals surface area contributed by atoms with Crippen molar-refractivity contribution in [2.45, 2.75) is 52.3 Å². The lowest BCUT2D eigenvalue weighted by atomic mass is 9.93. The molecule has 1 heterocycles. The maximum absolute atomic E-state index is 13.0.